The van der Waals surface area contributed by atoms with E-state index in [1.165, 1.54) is 24.6 Å². The van der Waals surface area contributed by atoms with E-state index in [1.54, 1.807) is 0 Å². The summed E-state index contributed by atoms with van der Waals surface area (Å²) in [5.41, 5.74) is 1.24. The van der Waals surface area contributed by atoms with Crippen LogP contribution in [-0.2, 0) is 9.53 Å². The van der Waals surface area contributed by atoms with Gasteiger partial charge in [0.15, 0.2) is 0 Å². The van der Waals surface area contributed by atoms with Gasteiger partial charge in [-0.15, -0.1) is 0 Å². The number of nitrogens with two attached hydrogens (primary N) is 1. The highest BCUT2D eigenvalue weighted by atomic mass is 32.2. The first-order valence-corrected chi connectivity index (χ1v) is 4.53. The molecule has 0 aliphatic carbocycles. The Morgan fingerprint density at radius 3 is 2.31 bits per heavy atom. The predicted molar refractivity (Wildman–Crippen MR) is 54.3 cm³/mol. The Bertz CT molecular complexity index is 253. The van der Waals surface area contributed by atoms with Gasteiger partial charge < -0.3 is 4.74 Å². The van der Waals surface area contributed by atoms with Crippen molar-refractivity contribution < 1.29 is 9.53 Å². The number of benzene rings is 1. The van der Waals surface area contributed by atoms with Gasteiger partial charge in [-0.2, -0.15) is 0 Å². The van der Waals surface area contributed by atoms with E-state index in [-0.39, 0.29) is 0 Å². The van der Waals surface area contributed by atoms with Gasteiger partial charge >= 0.3 is 0 Å². The van der Waals surface area contributed by atoms with E-state index in [4.69, 9.17) is 9.93 Å². The Hall–Kier alpha value is -1.00. The molecule has 3 nitrogen and oxygen atoms in total. The molecule has 0 unspecified atom stereocenters. The summed E-state index contributed by atoms with van der Waals surface area (Å²) in [6.45, 7) is 2.43. The van der Waals surface area contributed by atoms with Gasteiger partial charge in [-0.3, -0.25) is 9.93 Å². The zero-order valence-corrected chi connectivity index (χ0v) is 8.51. The molecule has 1 aromatic rings. The highest BCUT2D eigenvalue weighted by molar-refractivity contribution is 7.97. The van der Waals surface area contributed by atoms with Crippen LogP contribution < -0.4 is 5.14 Å². The smallest absolute Gasteiger partial charge is 0.292 e. The van der Waals surface area contributed by atoms with Crippen molar-refractivity contribution in [2.24, 2.45) is 5.14 Å². The van der Waals surface area contributed by atoms with Crippen LogP contribution in [0.2, 0.25) is 0 Å². The number of rotatable bonds is 2. The summed E-state index contributed by atoms with van der Waals surface area (Å²) in [5.74, 6) is 0. The Morgan fingerprint density at radius 1 is 1.46 bits per heavy atom. The summed E-state index contributed by atoms with van der Waals surface area (Å²) >= 11 is 1.30. The van der Waals surface area contributed by atoms with E-state index in [0.717, 1.165) is 4.90 Å². The average Bonchev–Trinajstić information content (AvgIpc) is 2.19. The number of carbonyl (C=O) groups is 1. The van der Waals surface area contributed by atoms with Gasteiger partial charge in [-0.25, -0.2) is 0 Å². The summed E-state index contributed by atoms with van der Waals surface area (Å²) in [7, 11) is 1.31. The lowest BCUT2D eigenvalue weighted by atomic mass is 10.2. The van der Waals surface area contributed by atoms with E-state index < -0.39 is 0 Å². The van der Waals surface area contributed by atoms with E-state index in [2.05, 4.69) is 17.7 Å². The molecule has 0 radical (unpaired) electrons. The number of hydrogen-bond donors (Lipinski definition) is 1. The van der Waals surface area contributed by atoms with Crippen LogP contribution in [-0.4, -0.2) is 13.6 Å². The van der Waals surface area contributed by atoms with Gasteiger partial charge in [0.1, 0.15) is 0 Å². The second-order valence-corrected chi connectivity index (χ2v) is 2.89. The third kappa shape index (κ3) is 5.27. The van der Waals surface area contributed by atoms with Gasteiger partial charge in [0.25, 0.3) is 6.47 Å². The van der Waals surface area contributed by atoms with Crippen molar-refractivity contribution in [1.82, 2.24) is 0 Å². The van der Waals surface area contributed by atoms with E-state index in [1.807, 2.05) is 18.2 Å². The van der Waals surface area contributed by atoms with Crippen LogP contribution in [0.25, 0.3) is 0 Å². The first-order chi connectivity index (χ1) is 6.26. The number of carbonyl (C=O) groups excluding carboxylic acids is 1. The highest BCUT2D eigenvalue weighted by Crippen LogP contribution is 2.15. The van der Waals surface area contributed by atoms with Gasteiger partial charge in [-0.05, 0) is 30.5 Å². The van der Waals surface area contributed by atoms with Gasteiger partial charge in [-0.1, -0.05) is 18.2 Å². The molecule has 1 rings (SSSR count). The third-order valence-electron chi connectivity index (χ3n) is 1.32. The zero-order chi connectivity index (χ0) is 10.1. The lowest BCUT2D eigenvalue weighted by Gasteiger charge is -1.97. The lowest BCUT2D eigenvalue weighted by molar-refractivity contribution is -0.126. The lowest BCUT2D eigenvalue weighted by Crippen LogP contribution is -1.81. The van der Waals surface area contributed by atoms with Crippen molar-refractivity contribution in [3.63, 3.8) is 0 Å². The SMILES string of the molecule is COC=O.Cc1ccccc1SN. The normalized spacial score (nSPS) is 8.23. The molecule has 0 bridgehead atoms. The number of hydrogen-bond acceptors (Lipinski definition) is 4. The molecule has 0 fully saturated rings. The molecule has 4 heteroatoms. The predicted octanol–water partition coefficient (Wildman–Crippen LogP) is 1.75. The van der Waals surface area contributed by atoms with Crippen LogP contribution >= 0.6 is 11.9 Å². The van der Waals surface area contributed by atoms with Crippen LogP contribution in [0.5, 0.6) is 0 Å². The Morgan fingerprint density at radius 2 is 2.00 bits per heavy atom. The van der Waals surface area contributed by atoms with Crippen molar-refractivity contribution in [1.29, 1.82) is 0 Å². The van der Waals surface area contributed by atoms with Crippen molar-refractivity contribution in [3.05, 3.63) is 29.8 Å². The molecular formula is C9H13NO2S. The molecule has 1 aromatic carbocycles. The number of ether oxygens (including phenoxy) is 1. The van der Waals surface area contributed by atoms with Crippen LogP contribution in [0.15, 0.2) is 29.2 Å². The molecule has 0 atom stereocenters. The molecule has 0 aromatic heterocycles. The van der Waals surface area contributed by atoms with E-state index in [0.29, 0.717) is 6.47 Å². The fourth-order valence-corrected chi connectivity index (χ4v) is 1.10. The maximum absolute atomic E-state index is 8.95. The van der Waals surface area contributed by atoms with Crippen LogP contribution in [0.4, 0.5) is 0 Å². The first kappa shape index (κ1) is 12.0. The van der Waals surface area contributed by atoms with Crippen molar-refractivity contribution in [3.8, 4) is 0 Å². The summed E-state index contributed by atoms with van der Waals surface area (Å²) in [4.78, 5) is 10.1. The van der Waals surface area contributed by atoms with Gasteiger partial charge in [0.2, 0.25) is 0 Å². The number of aryl methyl sites for hydroxylation is 1. The largest absolute Gasteiger partial charge is 0.471 e. The molecule has 2 N–H and O–H groups in total. The molecule has 0 spiro atoms. The quantitative estimate of drug-likeness (QED) is 0.582. The minimum Gasteiger partial charge on any atom is -0.471 e. The molecule has 13 heavy (non-hydrogen) atoms. The minimum absolute atomic E-state index is 0.375. The average molecular weight is 199 g/mol. The molecule has 0 heterocycles. The van der Waals surface area contributed by atoms with Crippen LogP contribution in [0, 0.1) is 6.92 Å². The summed E-state index contributed by atoms with van der Waals surface area (Å²) in [6, 6.07) is 8.06. The molecule has 0 saturated heterocycles. The molecule has 0 aliphatic heterocycles. The third-order valence-corrected chi connectivity index (χ3v) is 2.03. The van der Waals surface area contributed by atoms with Crippen molar-refractivity contribution in [2.75, 3.05) is 7.11 Å². The van der Waals surface area contributed by atoms with Gasteiger partial charge in [0.05, 0.1) is 7.11 Å². The molecule has 0 aliphatic rings. The fourth-order valence-electron chi connectivity index (χ4n) is 0.689. The maximum atomic E-state index is 8.95. The van der Waals surface area contributed by atoms with Crippen LogP contribution in [0.3, 0.4) is 0 Å². The Balaban J connectivity index is 0.000000310. The fraction of sp³-hybridized carbons (Fsp3) is 0.222. The second kappa shape index (κ2) is 7.64. The molecular weight excluding hydrogens is 186 g/mol. The first-order valence-electron chi connectivity index (χ1n) is 3.65. The standard InChI is InChI=1S/C7H9NS.C2H4O2/c1-6-4-2-3-5-7(6)9-8;1-4-2-3/h2-5H,8H2,1H3;2H,1H3. The summed E-state index contributed by atoms with van der Waals surface area (Å²) in [6.07, 6.45) is 0. The topological polar surface area (TPSA) is 52.3 Å². The number of methoxy groups -OCH3 is 1. The van der Waals surface area contributed by atoms with E-state index >= 15 is 0 Å². The molecule has 0 amide bonds. The maximum Gasteiger partial charge on any atom is 0.292 e. The van der Waals surface area contributed by atoms with Crippen LogP contribution in [0.1, 0.15) is 5.56 Å². The Labute approximate surface area is 82.4 Å². The highest BCUT2D eigenvalue weighted by Gasteiger charge is 1.90. The Kier molecular flexibility index (Phi) is 7.05. The molecule has 72 valence electrons. The zero-order valence-electron chi connectivity index (χ0n) is 7.69. The monoisotopic (exact) mass is 199 g/mol. The van der Waals surface area contributed by atoms with E-state index in [9.17, 15) is 0 Å². The van der Waals surface area contributed by atoms with Crippen molar-refractivity contribution in [2.45, 2.75) is 11.8 Å². The molecule has 0 saturated carbocycles. The summed E-state index contributed by atoms with van der Waals surface area (Å²) < 4.78 is 3.86. The summed E-state index contributed by atoms with van der Waals surface area (Å²) in [5, 5.41) is 5.37. The van der Waals surface area contributed by atoms with Crippen molar-refractivity contribution >= 4 is 18.4 Å². The second-order valence-electron chi connectivity index (χ2n) is 2.22. The van der Waals surface area contributed by atoms with Gasteiger partial charge in [0, 0.05) is 4.90 Å². The minimum atomic E-state index is 0.375.